The van der Waals surface area contributed by atoms with Crippen LogP contribution in [-0.2, 0) is 19.1 Å². The lowest BCUT2D eigenvalue weighted by Crippen LogP contribution is -2.45. The zero-order chi connectivity index (χ0) is 21.8. The first-order valence-electron chi connectivity index (χ1n) is 12.1. The van der Waals surface area contributed by atoms with Gasteiger partial charge in [-0.25, -0.2) is 0 Å². The molecule has 3 rings (SSSR count). The van der Waals surface area contributed by atoms with Gasteiger partial charge in [-0.3, -0.25) is 9.59 Å². The third-order valence-corrected chi connectivity index (χ3v) is 7.71. The van der Waals surface area contributed by atoms with Crippen LogP contribution in [0.1, 0.15) is 79.1 Å². The van der Waals surface area contributed by atoms with Crippen LogP contribution in [-0.4, -0.2) is 49.3 Å². The van der Waals surface area contributed by atoms with Gasteiger partial charge in [-0.15, -0.1) is 0 Å². The molecule has 0 bridgehead atoms. The van der Waals surface area contributed by atoms with Crippen LogP contribution in [0, 0.1) is 23.7 Å². The molecular formula is C24H42N2O4. The maximum Gasteiger partial charge on any atom is 0.309 e. The number of rotatable bonds is 6. The summed E-state index contributed by atoms with van der Waals surface area (Å²) in [5.74, 6) is 0.122. The van der Waals surface area contributed by atoms with Gasteiger partial charge in [0.15, 0.2) is 0 Å². The summed E-state index contributed by atoms with van der Waals surface area (Å²) < 4.78 is 12.0. The van der Waals surface area contributed by atoms with Gasteiger partial charge in [0.05, 0.1) is 11.8 Å². The van der Waals surface area contributed by atoms with Gasteiger partial charge >= 0.3 is 11.9 Å². The summed E-state index contributed by atoms with van der Waals surface area (Å²) in [5.41, 5.74) is -0.909. The van der Waals surface area contributed by atoms with E-state index in [2.05, 4.69) is 10.6 Å². The SMILES string of the molecule is CC(C)(OC(=O)C1CCCC(C(=O)OC(C)(C)C2CCNCC2)C1)C1CCNCC1. The van der Waals surface area contributed by atoms with Crippen LogP contribution in [0.4, 0.5) is 0 Å². The van der Waals surface area contributed by atoms with Crippen LogP contribution in [0.3, 0.4) is 0 Å². The van der Waals surface area contributed by atoms with Crippen molar-refractivity contribution in [3.63, 3.8) is 0 Å². The molecule has 2 saturated heterocycles. The van der Waals surface area contributed by atoms with Crippen LogP contribution < -0.4 is 10.6 Å². The second kappa shape index (κ2) is 9.99. The number of hydrogen-bond donors (Lipinski definition) is 2. The van der Waals surface area contributed by atoms with Crippen LogP contribution >= 0.6 is 0 Å². The number of piperidine rings is 2. The van der Waals surface area contributed by atoms with Crippen molar-refractivity contribution >= 4 is 11.9 Å². The molecule has 172 valence electrons. The molecule has 6 heteroatoms. The normalized spacial score (nSPS) is 27.5. The van der Waals surface area contributed by atoms with Gasteiger partial charge < -0.3 is 20.1 Å². The first-order valence-corrected chi connectivity index (χ1v) is 12.1. The van der Waals surface area contributed by atoms with Crippen molar-refractivity contribution in [3.05, 3.63) is 0 Å². The Morgan fingerprint density at radius 2 is 1.03 bits per heavy atom. The van der Waals surface area contributed by atoms with Gasteiger partial charge in [0.25, 0.3) is 0 Å². The summed E-state index contributed by atoms with van der Waals surface area (Å²) in [5, 5.41) is 6.74. The minimum Gasteiger partial charge on any atom is -0.459 e. The topological polar surface area (TPSA) is 76.7 Å². The number of nitrogens with one attached hydrogen (secondary N) is 2. The highest BCUT2D eigenvalue weighted by Gasteiger charge is 2.41. The van der Waals surface area contributed by atoms with Crippen LogP contribution in [0.2, 0.25) is 0 Å². The molecule has 2 heterocycles. The van der Waals surface area contributed by atoms with Gasteiger partial charge in [0, 0.05) is 11.8 Å². The molecule has 1 aliphatic carbocycles. The van der Waals surface area contributed by atoms with Gasteiger partial charge in [-0.1, -0.05) is 6.42 Å². The molecular weight excluding hydrogens is 380 g/mol. The molecule has 2 unspecified atom stereocenters. The zero-order valence-electron chi connectivity index (χ0n) is 19.4. The fourth-order valence-corrected chi connectivity index (χ4v) is 5.50. The van der Waals surface area contributed by atoms with Crippen LogP contribution in [0.25, 0.3) is 0 Å². The number of hydrogen-bond acceptors (Lipinski definition) is 6. The lowest BCUT2D eigenvalue weighted by molar-refractivity contribution is -0.174. The van der Waals surface area contributed by atoms with E-state index in [0.717, 1.165) is 71.1 Å². The lowest BCUT2D eigenvalue weighted by atomic mass is 9.80. The largest absolute Gasteiger partial charge is 0.459 e. The van der Waals surface area contributed by atoms with E-state index in [4.69, 9.17) is 9.47 Å². The maximum atomic E-state index is 13.0. The van der Waals surface area contributed by atoms with Crippen molar-refractivity contribution < 1.29 is 19.1 Å². The monoisotopic (exact) mass is 422 g/mol. The molecule has 0 aromatic heterocycles. The Labute approximate surface area is 182 Å². The summed E-state index contributed by atoms with van der Waals surface area (Å²) in [4.78, 5) is 25.9. The summed E-state index contributed by atoms with van der Waals surface area (Å²) in [6, 6.07) is 0. The number of ether oxygens (including phenoxy) is 2. The highest BCUT2D eigenvalue weighted by Crippen LogP contribution is 2.36. The van der Waals surface area contributed by atoms with E-state index in [1.54, 1.807) is 0 Å². The Morgan fingerprint density at radius 3 is 1.40 bits per heavy atom. The predicted molar refractivity (Wildman–Crippen MR) is 117 cm³/mol. The maximum absolute atomic E-state index is 13.0. The summed E-state index contributed by atoms with van der Waals surface area (Å²) in [6.45, 7) is 12.1. The van der Waals surface area contributed by atoms with Crippen molar-refractivity contribution in [2.75, 3.05) is 26.2 Å². The van der Waals surface area contributed by atoms with E-state index in [1.807, 2.05) is 27.7 Å². The molecule has 3 fully saturated rings. The average Bonchev–Trinajstić information content (AvgIpc) is 2.74. The Balaban J connectivity index is 1.53. The predicted octanol–water partition coefficient (Wildman–Crippen LogP) is 3.44. The third kappa shape index (κ3) is 5.97. The zero-order valence-corrected chi connectivity index (χ0v) is 19.4. The Kier molecular flexibility index (Phi) is 7.83. The molecule has 2 aliphatic heterocycles. The second-order valence-corrected chi connectivity index (χ2v) is 10.7. The van der Waals surface area contributed by atoms with E-state index >= 15 is 0 Å². The number of carbonyl (C=O) groups excluding carboxylic acids is 2. The fourth-order valence-electron chi connectivity index (χ4n) is 5.50. The molecule has 2 N–H and O–H groups in total. The van der Waals surface area contributed by atoms with E-state index in [-0.39, 0.29) is 23.8 Å². The van der Waals surface area contributed by atoms with Gasteiger partial charge in [-0.2, -0.15) is 0 Å². The van der Waals surface area contributed by atoms with Crippen molar-refractivity contribution in [2.24, 2.45) is 23.7 Å². The highest BCUT2D eigenvalue weighted by molar-refractivity contribution is 5.77. The van der Waals surface area contributed by atoms with E-state index in [0.29, 0.717) is 18.3 Å². The van der Waals surface area contributed by atoms with Gasteiger partial charge in [-0.05, 0) is 98.8 Å². The number of carbonyl (C=O) groups is 2. The molecule has 0 aromatic carbocycles. The Morgan fingerprint density at radius 1 is 0.667 bits per heavy atom. The first-order chi connectivity index (χ1) is 14.2. The highest BCUT2D eigenvalue weighted by atomic mass is 16.6. The Hall–Kier alpha value is -1.14. The number of esters is 2. The fraction of sp³-hybridized carbons (Fsp3) is 0.917. The van der Waals surface area contributed by atoms with E-state index in [1.165, 1.54) is 0 Å². The minimum atomic E-state index is -0.455. The Bertz CT molecular complexity index is 542. The second-order valence-electron chi connectivity index (χ2n) is 10.7. The van der Waals surface area contributed by atoms with Gasteiger partial charge in [0.2, 0.25) is 0 Å². The molecule has 0 amide bonds. The van der Waals surface area contributed by atoms with Crippen LogP contribution in [0.15, 0.2) is 0 Å². The van der Waals surface area contributed by atoms with Crippen molar-refractivity contribution in [3.8, 4) is 0 Å². The molecule has 0 aromatic rings. The van der Waals surface area contributed by atoms with Gasteiger partial charge in [0.1, 0.15) is 11.2 Å². The lowest BCUT2D eigenvalue weighted by Gasteiger charge is -2.39. The van der Waals surface area contributed by atoms with E-state index < -0.39 is 11.2 Å². The van der Waals surface area contributed by atoms with Crippen molar-refractivity contribution in [2.45, 2.75) is 90.3 Å². The standard InChI is InChI=1S/C24H42N2O4/c1-23(2,19-8-12-25-13-9-19)29-21(27)17-6-5-7-18(16-17)22(28)30-24(3,4)20-10-14-26-15-11-20/h17-20,25-26H,5-16H2,1-4H3. The molecule has 30 heavy (non-hydrogen) atoms. The van der Waals surface area contributed by atoms with E-state index in [9.17, 15) is 9.59 Å². The summed E-state index contributed by atoms with van der Waals surface area (Å²) in [6.07, 6.45) is 7.18. The minimum absolute atomic E-state index is 0.131. The van der Waals surface area contributed by atoms with Crippen molar-refractivity contribution in [1.29, 1.82) is 0 Å². The summed E-state index contributed by atoms with van der Waals surface area (Å²) >= 11 is 0. The molecule has 0 spiro atoms. The third-order valence-electron chi connectivity index (χ3n) is 7.71. The molecule has 2 atom stereocenters. The molecule has 3 aliphatic rings. The molecule has 0 radical (unpaired) electrons. The molecule has 1 saturated carbocycles. The smallest absolute Gasteiger partial charge is 0.309 e. The average molecular weight is 423 g/mol. The summed E-state index contributed by atoms with van der Waals surface area (Å²) in [7, 11) is 0. The quantitative estimate of drug-likeness (QED) is 0.639. The molecule has 6 nitrogen and oxygen atoms in total. The first kappa shape index (κ1) is 23.5. The van der Waals surface area contributed by atoms with Crippen molar-refractivity contribution in [1.82, 2.24) is 10.6 Å². The van der Waals surface area contributed by atoms with Crippen LogP contribution in [0.5, 0.6) is 0 Å².